The van der Waals surface area contributed by atoms with E-state index in [-0.39, 0.29) is 0 Å². The molecule has 0 amide bonds. The monoisotopic (exact) mass is 149 g/mol. The molecule has 0 saturated heterocycles. The number of aliphatic imine (C=N–C) groups is 1. The molecule has 0 radical (unpaired) electrons. The summed E-state index contributed by atoms with van der Waals surface area (Å²) >= 11 is 0. The van der Waals surface area contributed by atoms with Crippen LogP contribution in [0.3, 0.4) is 0 Å². The molecule has 0 aliphatic heterocycles. The summed E-state index contributed by atoms with van der Waals surface area (Å²) in [6.07, 6.45) is 3.42. The summed E-state index contributed by atoms with van der Waals surface area (Å²) in [6, 6.07) is 0. The zero-order chi connectivity index (χ0) is 8.27. The molecule has 0 saturated carbocycles. The molecule has 0 aliphatic rings. The molecule has 1 heterocycles. The van der Waals surface area contributed by atoms with Crippen LogP contribution in [0.1, 0.15) is 18.4 Å². The first-order chi connectivity index (χ1) is 5.27. The van der Waals surface area contributed by atoms with Gasteiger partial charge < -0.3 is 4.98 Å². The zero-order valence-electron chi connectivity index (χ0n) is 6.76. The summed E-state index contributed by atoms with van der Waals surface area (Å²) in [7, 11) is 0. The number of nitrogens with one attached hydrogen (secondary N) is 1. The van der Waals surface area contributed by atoms with Crippen molar-refractivity contribution in [1.29, 1.82) is 0 Å². The Bertz CT molecular complexity index is 284. The van der Waals surface area contributed by atoms with Crippen molar-refractivity contribution < 1.29 is 0 Å². The Balaban J connectivity index is 3.11. The van der Waals surface area contributed by atoms with E-state index in [1.165, 1.54) is 0 Å². The van der Waals surface area contributed by atoms with E-state index in [1.807, 2.05) is 13.8 Å². The Morgan fingerprint density at radius 3 is 2.91 bits per heavy atom. The van der Waals surface area contributed by atoms with Crippen molar-refractivity contribution in [2.75, 3.05) is 0 Å². The Labute approximate surface area is 65.9 Å². The second-order valence-corrected chi connectivity index (χ2v) is 2.15. The van der Waals surface area contributed by atoms with Crippen LogP contribution in [-0.4, -0.2) is 16.2 Å². The summed E-state index contributed by atoms with van der Waals surface area (Å²) in [5, 5.41) is 0. The van der Waals surface area contributed by atoms with E-state index in [1.54, 1.807) is 12.3 Å². The standard InChI is InChI=1S/C8H11N3/c1-4-7-8(9-5-2)11-6(3)10-7/h4-5H,1H2,2-3H3,(H,10,11). The lowest BCUT2D eigenvalue weighted by molar-refractivity contribution is 1.14. The minimum absolute atomic E-state index is 0.708. The Hall–Kier alpha value is -1.38. The molecule has 11 heavy (non-hydrogen) atoms. The van der Waals surface area contributed by atoms with E-state index in [2.05, 4.69) is 21.5 Å². The van der Waals surface area contributed by atoms with Gasteiger partial charge in [-0.15, -0.1) is 0 Å². The average Bonchev–Trinajstić information content (AvgIpc) is 2.32. The van der Waals surface area contributed by atoms with Crippen molar-refractivity contribution in [3.05, 3.63) is 18.1 Å². The van der Waals surface area contributed by atoms with Gasteiger partial charge >= 0.3 is 0 Å². The number of hydrogen-bond donors (Lipinski definition) is 1. The van der Waals surface area contributed by atoms with Gasteiger partial charge in [0.2, 0.25) is 0 Å². The number of aromatic amines is 1. The Morgan fingerprint density at radius 2 is 2.36 bits per heavy atom. The third-order valence-corrected chi connectivity index (χ3v) is 1.29. The molecule has 1 aromatic heterocycles. The SMILES string of the molecule is C=Cc1[nH]c(C)nc1N=CC. The van der Waals surface area contributed by atoms with Gasteiger partial charge in [0.25, 0.3) is 0 Å². The average molecular weight is 149 g/mol. The van der Waals surface area contributed by atoms with Crippen molar-refractivity contribution in [2.45, 2.75) is 13.8 Å². The number of aromatic nitrogens is 2. The number of rotatable bonds is 2. The van der Waals surface area contributed by atoms with Gasteiger partial charge in [0.15, 0.2) is 5.82 Å². The summed E-state index contributed by atoms with van der Waals surface area (Å²) in [4.78, 5) is 11.2. The Morgan fingerprint density at radius 1 is 1.64 bits per heavy atom. The smallest absolute Gasteiger partial charge is 0.177 e. The van der Waals surface area contributed by atoms with Crippen LogP contribution >= 0.6 is 0 Å². The fourth-order valence-corrected chi connectivity index (χ4v) is 0.861. The summed E-state index contributed by atoms with van der Waals surface area (Å²) in [5.41, 5.74) is 0.876. The quantitative estimate of drug-likeness (QED) is 0.642. The minimum atomic E-state index is 0.708. The van der Waals surface area contributed by atoms with Gasteiger partial charge in [-0.1, -0.05) is 6.58 Å². The van der Waals surface area contributed by atoms with Crippen molar-refractivity contribution in [3.63, 3.8) is 0 Å². The van der Waals surface area contributed by atoms with E-state index in [4.69, 9.17) is 0 Å². The summed E-state index contributed by atoms with van der Waals surface area (Å²) < 4.78 is 0. The second kappa shape index (κ2) is 3.14. The van der Waals surface area contributed by atoms with Crippen LogP contribution in [0.2, 0.25) is 0 Å². The van der Waals surface area contributed by atoms with Crippen LogP contribution in [0.4, 0.5) is 5.82 Å². The molecule has 0 spiro atoms. The van der Waals surface area contributed by atoms with E-state index in [0.29, 0.717) is 5.82 Å². The van der Waals surface area contributed by atoms with Crippen molar-refractivity contribution in [3.8, 4) is 0 Å². The maximum Gasteiger partial charge on any atom is 0.177 e. The van der Waals surface area contributed by atoms with Gasteiger partial charge in [-0.3, -0.25) is 0 Å². The van der Waals surface area contributed by atoms with Gasteiger partial charge in [0.1, 0.15) is 5.82 Å². The second-order valence-electron chi connectivity index (χ2n) is 2.15. The lowest BCUT2D eigenvalue weighted by atomic mass is 10.4. The summed E-state index contributed by atoms with van der Waals surface area (Å²) in [5.74, 6) is 1.57. The molecule has 3 nitrogen and oxygen atoms in total. The van der Waals surface area contributed by atoms with Crippen molar-refractivity contribution in [2.24, 2.45) is 4.99 Å². The first-order valence-electron chi connectivity index (χ1n) is 3.45. The number of nitrogens with zero attached hydrogens (tertiary/aromatic N) is 2. The van der Waals surface area contributed by atoms with Crippen LogP contribution in [0.5, 0.6) is 0 Å². The molecule has 0 unspecified atom stereocenters. The van der Waals surface area contributed by atoms with Gasteiger partial charge in [-0.25, -0.2) is 9.98 Å². The highest BCUT2D eigenvalue weighted by Gasteiger charge is 2.00. The van der Waals surface area contributed by atoms with Crippen LogP contribution in [0.25, 0.3) is 6.08 Å². The normalized spacial score (nSPS) is 10.7. The van der Waals surface area contributed by atoms with Crippen LogP contribution in [0, 0.1) is 6.92 Å². The van der Waals surface area contributed by atoms with Crippen LogP contribution < -0.4 is 0 Å². The maximum atomic E-state index is 4.15. The lowest BCUT2D eigenvalue weighted by Gasteiger charge is -1.85. The maximum absolute atomic E-state index is 4.15. The van der Waals surface area contributed by atoms with Crippen LogP contribution in [-0.2, 0) is 0 Å². The number of hydrogen-bond acceptors (Lipinski definition) is 2. The molecule has 0 fully saturated rings. The molecular formula is C8H11N3. The predicted molar refractivity (Wildman–Crippen MR) is 47.2 cm³/mol. The lowest BCUT2D eigenvalue weighted by Crippen LogP contribution is -1.70. The molecule has 0 aromatic carbocycles. The zero-order valence-corrected chi connectivity index (χ0v) is 6.76. The number of H-pyrrole nitrogens is 1. The largest absolute Gasteiger partial charge is 0.341 e. The molecule has 0 bridgehead atoms. The first kappa shape index (κ1) is 7.72. The van der Waals surface area contributed by atoms with Gasteiger partial charge in [0, 0.05) is 6.21 Å². The molecule has 3 heteroatoms. The highest BCUT2D eigenvalue weighted by Crippen LogP contribution is 2.15. The Kier molecular flexibility index (Phi) is 2.21. The molecule has 1 rings (SSSR count). The van der Waals surface area contributed by atoms with Gasteiger partial charge in [0.05, 0.1) is 5.69 Å². The minimum Gasteiger partial charge on any atom is -0.341 e. The first-order valence-corrected chi connectivity index (χ1v) is 3.45. The molecule has 0 atom stereocenters. The van der Waals surface area contributed by atoms with E-state index >= 15 is 0 Å². The van der Waals surface area contributed by atoms with Gasteiger partial charge in [-0.2, -0.15) is 0 Å². The molecule has 1 aromatic rings. The van der Waals surface area contributed by atoms with Crippen molar-refractivity contribution in [1.82, 2.24) is 9.97 Å². The van der Waals surface area contributed by atoms with Crippen molar-refractivity contribution >= 4 is 18.1 Å². The number of aryl methyl sites for hydroxylation is 1. The summed E-state index contributed by atoms with van der Waals surface area (Å²) in [6.45, 7) is 7.39. The van der Waals surface area contributed by atoms with E-state index < -0.39 is 0 Å². The molecule has 0 aliphatic carbocycles. The molecule has 58 valence electrons. The fraction of sp³-hybridized carbons (Fsp3) is 0.250. The molecule has 1 N–H and O–H groups in total. The van der Waals surface area contributed by atoms with E-state index in [0.717, 1.165) is 11.5 Å². The van der Waals surface area contributed by atoms with E-state index in [9.17, 15) is 0 Å². The predicted octanol–water partition coefficient (Wildman–Crippen LogP) is 2.08. The fourth-order valence-electron chi connectivity index (χ4n) is 0.861. The third kappa shape index (κ3) is 1.55. The van der Waals surface area contributed by atoms with Crippen LogP contribution in [0.15, 0.2) is 11.6 Å². The highest BCUT2D eigenvalue weighted by atomic mass is 15.0. The third-order valence-electron chi connectivity index (χ3n) is 1.29. The topological polar surface area (TPSA) is 41.0 Å². The van der Waals surface area contributed by atoms with Gasteiger partial charge in [-0.05, 0) is 19.9 Å². The number of imidazole rings is 1. The molecular weight excluding hydrogens is 138 g/mol. The highest BCUT2D eigenvalue weighted by molar-refractivity contribution is 5.64.